The number of aryl methyl sites for hydroxylation is 2. The molecule has 1 aliphatic rings. The van der Waals surface area contributed by atoms with Gasteiger partial charge in [0, 0.05) is 19.6 Å². The summed E-state index contributed by atoms with van der Waals surface area (Å²) in [7, 11) is 0. The fraction of sp³-hybridized carbons (Fsp3) is 0.308. The Bertz CT molecular complexity index is 1320. The van der Waals surface area contributed by atoms with Crippen molar-refractivity contribution in [2.75, 3.05) is 18.0 Å². The smallest absolute Gasteiger partial charge is 0.225 e. The number of carbonyl (C=O) groups excluding carboxylic acids is 1. The Labute approximate surface area is 197 Å². The van der Waals surface area contributed by atoms with E-state index in [1.807, 2.05) is 48.9 Å². The van der Waals surface area contributed by atoms with Gasteiger partial charge in [0.25, 0.3) is 0 Å². The van der Waals surface area contributed by atoms with E-state index < -0.39 is 0 Å². The lowest BCUT2D eigenvalue weighted by atomic mass is 9.97. The molecule has 174 valence electrons. The molecule has 3 heterocycles. The summed E-state index contributed by atoms with van der Waals surface area (Å²) in [6, 6.07) is 16.2. The van der Waals surface area contributed by atoms with E-state index in [2.05, 4.69) is 20.4 Å². The van der Waals surface area contributed by atoms with Crippen molar-refractivity contribution >= 4 is 22.6 Å². The van der Waals surface area contributed by atoms with E-state index in [-0.39, 0.29) is 17.6 Å². The zero-order valence-corrected chi connectivity index (χ0v) is 19.3. The molecule has 0 aliphatic carbocycles. The Morgan fingerprint density at radius 2 is 1.85 bits per heavy atom. The van der Waals surface area contributed by atoms with Gasteiger partial charge in [-0.1, -0.05) is 30.3 Å². The number of amides is 1. The highest BCUT2D eigenvalue weighted by Gasteiger charge is 2.29. The minimum absolute atomic E-state index is 0.00339. The van der Waals surface area contributed by atoms with Crippen LogP contribution in [-0.2, 0) is 11.3 Å². The molecule has 0 unspecified atom stereocenters. The number of rotatable bonds is 5. The van der Waals surface area contributed by atoms with E-state index in [0.717, 1.165) is 58.7 Å². The molecule has 0 saturated carbocycles. The highest BCUT2D eigenvalue weighted by Crippen LogP contribution is 2.31. The van der Waals surface area contributed by atoms with Gasteiger partial charge in [-0.25, -0.2) is 9.07 Å². The molecule has 1 fully saturated rings. The highest BCUT2D eigenvalue weighted by atomic mass is 19.1. The Morgan fingerprint density at radius 3 is 2.62 bits per heavy atom. The van der Waals surface area contributed by atoms with Crippen LogP contribution < -0.4 is 10.2 Å². The van der Waals surface area contributed by atoms with Gasteiger partial charge in [-0.3, -0.25) is 4.79 Å². The summed E-state index contributed by atoms with van der Waals surface area (Å²) in [5.74, 6) is 0.267. The molecule has 0 radical (unpaired) electrons. The molecule has 1 atom stereocenters. The van der Waals surface area contributed by atoms with Crippen LogP contribution in [0.25, 0.3) is 16.6 Å². The molecule has 4 aromatic rings. The molecule has 0 spiro atoms. The third-order valence-electron chi connectivity index (χ3n) is 6.46. The van der Waals surface area contributed by atoms with Gasteiger partial charge in [0.2, 0.25) is 5.91 Å². The molecule has 1 saturated heterocycles. The maximum Gasteiger partial charge on any atom is 0.225 e. The van der Waals surface area contributed by atoms with Crippen LogP contribution in [-0.4, -0.2) is 39.0 Å². The van der Waals surface area contributed by atoms with Crippen LogP contribution in [0.2, 0.25) is 0 Å². The second-order valence-corrected chi connectivity index (χ2v) is 8.79. The van der Waals surface area contributed by atoms with Gasteiger partial charge in [-0.05, 0) is 56.5 Å². The van der Waals surface area contributed by atoms with Crippen molar-refractivity contribution in [1.29, 1.82) is 0 Å². The third kappa shape index (κ3) is 4.23. The summed E-state index contributed by atoms with van der Waals surface area (Å²) in [5.41, 5.74) is 4.51. The molecule has 0 bridgehead atoms. The summed E-state index contributed by atoms with van der Waals surface area (Å²) in [6.07, 6.45) is 1.69. The highest BCUT2D eigenvalue weighted by molar-refractivity contribution is 5.92. The monoisotopic (exact) mass is 458 g/mol. The van der Waals surface area contributed by atoms with Crippen molar-refractivity contribution in [2.24, 2.45) is 5.92 Å². The van der Waals surface area contributed by atoms with E-state index in [4.69, 9.17) is 5.10 Å². The van der Waals surface area contributed by atoms with Crippen molar-refractivity contribution in [3.63, 3.8) is 0 Å². The first kappa shape index (κ1) is 22.0. The largest absolute Gasteiger partial charge is 0.352 e. The van der Waals surface area contributed by atoms with Crippen LogP contribution in [0.5, 0.6) is 0 Å². The number of halogens is 1. The van der Waals surface area contributed by atoms with Crippen LogP contribution in [0.4, 0.5) is 10.2 Å². The maximum absolute atomic E-state index is 13.1. The third-order valence-corrected chi connectivity index (χ3v) is 6.46. The lowest BCUT2D eigenvalue weighted by Crippen LogP contribution is -2.43. The van der Waals surface area contributed by atoms with E-state index in [0.29, 0.717) is 13.1 Å². The van der Waals surface area contributed by atoms with Crippen molar-refractivity contribution in [3.05, 3.63) is 77.4 Å². The summed E-state index contributed by atoms with van der Waals surface area (Å²) in [6.45, 7) is 5.73. The molecule has 1 amide bonds. The standard InChI is InChI=1S/C26H27FN6O/c1-17-23-18(2)33(22-8-4-3-5-9-22)31-24(23)25(30-29-17)32-14-6-7-20(16-32)26(34)28-15-19-10-12-21(27)13-11-19/h3-5,8-13,20H,6-7,14-16H2,1-2H3,(H,28,34)/t20-/m0/s1. The van der Waals surface area contributed by atoms with Crippen LogP contribution in [0.15, 0.2) is 54.6 Å². The zero-order chi connectivity index (χ0) is 23.7. The van der Waals surface area contributed by atoms with E-state index in [1.54, 1.807) is 12.1 Å². The molecule has 1 aliphatic heterocycles. The SMILES string of the molecule is Cc1nnc(N2CCC[C@H](C(=O)NCc3ccc(F)cc3)C2)c2nn(-c3ccccc3)c(C)c12. The topological polar surface area (TPSA) is 75.9 Å². The average molecular weight is 459 g/mol. The predicted octanol–water partition coefficient (Wildman–Crippen LogP) is 4.10. The number of anilines is 1. The summed E-state index contributed by atoms with van der Waals surface area (Å²) < 4.78 is 15.1. The van der Waals surface area contributed by atoms with E-state index in [1.165, 1.54) is 12.1 Å². The maximum atomic E-state index is 13.1. The Morgan fingerprint density at radius 1 is 1.09 bits per heavy atom. The second kappa shape index (κ2) is 9.21. The van der Waals surface area contributed by atoms with Crippen LogP contribution in [0, 0.1) is 25.6 Å². The quantitative estimate of drug-likeness (QED) is 0.487. The first-order chi connectivity index (χ1) is 16.5. The van der Waals surface area contributed by atoms with Crippen LogP contribution in [0.3, 0.4) is 0 Å². The van der Waals surface area contributed by atoms with E-state index >= 15 is 0 Å². The lowest BCUT2D eigenvalue weighted by Gasteiger charge is -2.32. The normalized spacial score (nSPS) is 16.1. The summed E-state index contributed by atoms with van der Waals surface area (Å²) in [5, 5.41) is 17.8. The van der Waals surface area contributed by atoms with Gasteiger partial charge >= 0.3 is 0 Å². The van der Waals surface area contributed by atoms with Gasteiger partial charge in [0.15, 0.2) is 5.82 Å². The molecule has 7 nitrogen and oxygen atoms in total. The number of para-hydroxylation sites is 1. The fourth-order valence-electron chi connectivity index (χ4n) is 4.66. The molecule has 5 rings (SSSR count). The minimum Gasteiger partial charge on any atom is -0.352 e. The summed E-state index contributed by atoms with van der Waals surface area (Å²) >= 11 is 0. The van der Waals surface area contributed by atoms with Crippen molar-refractivity contribution < 1.29 is 9.18 Å². The molecular formula is C26H27FN6O. The van der Waals surface area contributed by atoms with E-state index in [9.17, 15) is 9.18 Å². The van der Waals surface area contributed by atoms with Crippen LogP contribution in [0.1, 0.15) is 29.8 Å². The second-order valence-electron chi connectivity index (χ2n) is 8.79. The zero-order valence-electron chi connectivity index (χ0n) is 19.3. The lowest BCUT2D eigenvalue weighted by molar-refractivity contribution is -0.125. The number of aromatic nitrogens is 4. The Hall–Kier alpha value is -3.81. The van der Waals surface area contributed by atoms with Crippen molar-refractivity contribution in [2.45, 2.75) is 33.2 Å². The first-order valence-corrected chi connectivity index (χ1v) is 11.6. The predicted molar refractivity (Wildman–Crippen MR) is 129 cm³/mol. The van der Waals surface area contributed by atoms with Crippen LogP contribution >= 0.6 is 0 Å². The number of hydrogen-bond acceptors (Lipinski definition) is 5. The Kier molecular flexibility index (Phi) is 5.96. The van der Waals surface area contributed by atoms with Gasteiger partial charge in [-0.2, -0.15) is 10.2 Å². The number of benzene rings is 2. The number of hydrogen-bond donors (Lipinski definition) is 1. The Balaban J connectivity index is 1.38. The average Bonchev–Trinajstić information content (AvgIpc) is 3.22. The summed E-state index contributed by atoms with van der Waals surface area (Å²) in [4.78, 5) is 15.0. The van der Waals surface area contributed by atoms with Gasteiger partial charge in [0.05, 0.1) is 28.4 Å². The molecule has 2 aromatic heterocycles. The molecule has 8 heteroatoms. The van der Waals surface area contributed by atoms with Gasteiger partial charge < -0.3 is 10.2 Å². The number of nitrogens with one attached hydrogen (secondary N) is 1. The molecule has 2 aromatic carbocycles. The van der Waals surface area contributed by atoms with Crippen molar-refractivity contribution in [3.8, 4) is 5.69 Å². The minimum atomic E-state index is -0.284. The van der Waals surface area contributed by atoms with Gasteiger partial charge in [0.1, 0.15) is 11.3 Å². The van der Waals surface area contributed by atoms with Gasteiger partial charge in [-0.15, -0.1) is 5.10 Å². The molecule has 1 N–H and O–H groups in total. The molecule has 34 heavy (non-hydrogen) atoms. The first-order valence-electron chi connectivity index (χ1n) is 11.6. The van der Waals surface area contributed by atoms with Crippen molar-refractivity contribution in [1.82, 2.24) is 25.3 Å². The number of carbonyl (C=O) groups is 1. The number of piperidine rings is 1. The number of nitrogens with zero attached hydrogens (tertiary/aromatic N) is 5. The number of fused-ring (bicyclic) bond motifs is 1. The fourth-order valence-corrected chi connectivity index (χ4v) is 4.66. The molecular weight excluding hydrogens is 431 g/mol.